The maximum atomic E-state index is 12.8. The molecule has 0 aliphatic carbocycles. The van der Waals surface area contributed by atoms with E-state index < -0.39 is 11.7 Å². The molecule has 0 saturated carbocycles. The fourth-order valence-corrected chi connectivity index (χ4v) is 1.78. The van der Waals surface area contributed by atoms with E-state index in [0.29, 0.717) is 11.4 Å². The van der Waals surface area contributed by atoms with Crippen LogP contribution in [0, 0.1) is 0 Å². The molecule has 4 nitrogen and oxygen atoms in total. The van der Waals surface area contributed by atoms with E-state index >= 15 is 0 Å². The third-order valence-electron chi connectivity index (χ3n) is 2.89. The highest BCUT2D eigenvalue weighted by Gasteiger charge is 2.32. The Bertz CT molecular complexity index is 694. The number of benzene rings is 2. The van der Waals surface area contributed by atoms with Crippen molar-refractivity contribution in [3.05, 3.63) is 59.7 Å². The molecular weight excluding hydrogens is 307 g/mol. The third kappa shape index (κ3) is 4.84. The lowest BCUT2D eigenvalue weighted by atomic mass is 10.1. The van der Waals surface area contributed by atoms with Crippen LogP contribution in [0.15, 0.2) is 58.6 Å². The number of nitrogens with one attached hydrogen (secondary N) is 1. The second-order valence-electron chi connectivity index (χ2n) is 4.43. The predicted octanol–water partition coefficient (Wildman–Crippen LogP) is 4.00. The summed E-state index contributed by atoms with van der Waals surface area (Å²) in [6.45, 7) is 0. The van der Waals surface area contributed by atoms with Crippen LogP contribution in [0.2, 0.25) is 0 Å². The Balaban J connectivity index is 1.98. The second kappa shape index (κ2) is 7.44. The van der Waals surface area contributed by atoms with Crippen LogP contribution >= 0.6 is 0 Å². The molecule has 0 aromatic heterocycles. The van der Waals surface area contributed by atoms with Crippen molar-refractivity contribution in [2.75, 3.05) is 7.11 Å². The van der Waals surface area contributed by atoms with Gasteiger partial charge in [-0.15, -0.1) is 0 Å². The third-order valence-corrected chi connectivity index (χ3v) is 2.89. The number of hydrogen-bond donors (Lipinski definition) is 1. The van der Waals surface area contributed by atoms with E-state index in [2.05, 4.69) is 15.5 Å². The molecule has 0 amide bonds. The predicted molar refractivity (Wildman–Crippen MR) is 83.3 cm³/mol. The SMILES string of the molecule is COc1ccc(N=CN/N=C/c2ccccc2C(F)(F)F)cc1. The van der Waals surface area contributed by atoms with E-state index in [4.69, 9.17) is 4.74 Å². The molecule has 0 aliphatic heterocycles. The fraction of sp³-hybridized carbons (Fsp3) is 0.125. The number of aliphatic imine (C=N–C) groups is 1. The maximum Gasteiger partial charge on any atom is 0.417 e. The average Bonchev–Trinajstić information content (AvgIpc) is 2.54. The molecule has 0 unspecified atom stereocenters. The summed E-state index contributed by atoms with van der Waals surface area (Å²) in [6.07, 6.45) is -2.03. The lowest BCUT2D eigenvalue weighted by Crippen LogP contribution is -2.09. The summed E-state index contributed by atoms with van der Waals surface area (Å²) in [5, 5.41) is 3.72. The standard InChI is InChI=1S/C16H14F3N3O/c1-23-14-8-6-13(7-9-14)20-11-22-21-10-12-4-2-3-5-15(12)16(17,18)19/h2-11H,1H3,(H,20,22)/b21-10+. The molecule has 1 N–H and O–H groups in total. The summed E-state index contributed by atoms with van der Waals surface area (Å²) in [5.41, 5.74) is 2.36. The summed E-state index contributed by atoms with van der Waals surface area (Å²) in [4.78, 5) is 4.06. The average molecular weight is 321 g/mol. The summed E-state index contributed by atoms with van der Waals surface area (Å²) in [5.74, 6) is 0.707. The highest BCUT2D eigenvalue weighted by atomic mass is 19.4. The zero-order valence-electron chi connectivity index (χ0n) is 12.2. The Hall–Kier alpha value is -2.83. The molecule has 0 spiro atoms. The molecular formula is C16H14F3N3O. The molecule has 7 heteroatoms. The number of rotatable bonds is 5. The minimum Gasteiger partial charge on any atom is -0.497 e. The van der Waals surface area contributed by atoms with Crippen molar-refractivity contribution in [2.24, 2.45) is 10.1 Å². The lowest BCUT2D eigenvalue weighted by Gasteiger charge is -2.08. The summed E-state index contributed by atoms with van der Waals surface area (Å²) in [7, 11) is 1.56. The largest absolute Gasteiger partial charge is 0.497 e. The Labute approximate surface area is 131 Å². The zero-order valence-corrected chi connectivity index (χ0v) is 12.2. The summed E-state index contributed by atoms with van der Waals surface area (Å²) in [6, 6.07) is 12.2. The van der Waals surface area contributed by atoms with Crippen molar-refractivity contribution in [3.63, 3.8) is 0 Å². The number of hydrazone groups is 1. The smallest absolute Gasteiger partial charge is 0.417 e. The van der Waals surface area contributed by atoms with Crippen molar-refractivity contribution < 1.29 is 17.9 Å². The van der Waals surface area contributed by atoms with E-state index in [0.717, 1.165) is 12.3 Å². The lowest BCUT2D eigenvalue weighted by molar-refractivity contribution is -0.137. The van der Waals surface area contributed by atoms with E-state index in [1.165, 1.54) is 24.5 Å². The minimum atomic E-state index is -4.42. The van der Waals surface area contributed by atoms with Crippen LogP contribution < -0.4 is 10.2 Å². The first kappa shape index (κ1) is 16.5. The number of nitrogens with zero attached hydrogens (tertiary/aromatic N) is 2. The van der Waals surface area contributed by atoms with E-state index in [9.17, 15) is 13.2 Å². The van der Waals surface area contributed by atoms with E-state index in [1.54, 1.807) is 31.4 Å². The van der Waals surface area contributed by atoms with Gasteiger partial charge in [0, 0.05) is 5.56 Å². The normalized spacial score (nSPS) is 12.0. The van der Waals surface area contributed by atoms with Crippen molar-refractivity contribution in [3.8, 4) is 5.75 Å². The minimum absolute atomic E-state index is 0.0228. The maximum absolute atomic E-state index is 12.8. The fourth-order valence-electron chi connectivity index (χ4n) is 1.78. The van der Waals surface area contributed by atoms with Crippen LogP contribution in [0.25, 0.3) is 0 Å². The summed E-state index contributed by atoms with van der Waals surface area (Å²) < 4.78 is 43.4. The molecule has 0 aliphatic rings. The Kier molecular flexibility index (Phi) is 5.35. The van der Waals surface area contributed by atoms with Crippen LogP contribution in [0.4, 0.5) is 18.9 Å². The molecule has 2 rings (SSSR count). The Morgan fingerprint density at radius 2 is 1.74 bits per heavy atom. The monoisotopic (exact) mass is 321 g/mol. The number of methoxy groups -OCH3 is 1. The number of hydrogen-bond acceptors (Lipinski definition) is 3. The molecule has 2 aromatic rings. The Morgan fingerprint density at radius 3 is 2.39 bits per heavy atom. The van der Waals surface area contributed by atoms with Crippen LogP contribution in [-0.2, 0) is 6.18 Å². The van der Waals surface area contributed by atoms with Gasteiger partial charge < -0.3 is 4.74 Å². The molecule has 0 bridgehead atoms. The molecule has 0 heterocycles. The number of ether oxygens (including phenoxy) is 1. The van der Waals surface area contributed by atoms with E-state index in [-0.39, 0.29) is 5.56 Å². The molecule has 2 aromatic carbocycles. The molecule has 0 atom stereocenters. The first-order chi connectivity index (χ1) is 11.0. The van der Waals surface area contributed by atoms with Gasteiger partial charge in [-0.3, -0.25) is 5.43 Å². The van der Waals surface area contributed by atoms with Gasteiger partial charge >= 0.3 is 6.18 Å². The van der Waals surface area contributed by atoms with Gasteiger partial charge in [-0.05, 0) is 30.3 Å². The highest BCUT2D eigenvalue weighted by molar-refractivity contribution is 5.82. The Morgan fingerprint density at radius 1 is 1.04 bits per heavy atom. The van der Waals surface area contributed by atoms with Crippen molar-refractivity contribution in [1.29, 1.82) is 0 Å². The summed E-state index contributed by atoms with van der Waals surface area (Å²) >= 11 is 0. The topological polar surface area (TPSA) is 46.0 Å². The van der Waals surface area contributed by atoms with Gasteiger partial charge in [-0.2, -0.15) is 18.3 Å². The number of halogens is 3. The molecule has 120 valence electrons. The van der Waals surface area contributed by atoms with Gasteiger partial charge in [-0.1, -0.05) is 18.2 Å². The van der Waals surface area contributed by atoms with Crippen molar-refractivity contribution >= 4 is 18.2 Å². The van der Waals surface area contributed by atoms with Crippen LogP contribution in [0.1, 0.15) is 11.1 Å². The van der Waals surface area contributed by atoms with Crippen molar-refractivity contribution in [1.82, 2.24) is 5.43 Å². The molecule has 0 fully saturated rings. The molecule has 0 radical (unpaired) electrons. The zero-order chi connectivity index (χ0) is 16.7. The second-order valence-corrected chi connectivity index (χ2v) is 4.43. The highest BCUT2D eigenvalue weighted by Crippen LogP contribution is 2.31. The van der Waals surface area contributed by atoms with Crippen LogP contribution in [-0.4, -0.2) is 19.7 Å². The van der Waals surface area contributed by atoms with Crippen LogP contribution in [0.3, 0.4) is 0 Å². The van der Waals surface area contributed by atoms with Crippen LogP contribution in [0.5, 0.6) is 5.75 Å². The first-order valence-electron chi connectivity index (χ1n) is 6.62. The van der Waals surface area contributed by atoms with E-state index in [1.807, 2.05) is 0 Å². The van der Waals surface area contributed by atoms with Crippen molar-refractivity contribution in [2.45, 2.75) is 6.18 Å². The van der Waals surface area contributed by atoms with Gasteiger partial charge in [0.1, 0.15) is 12.1 Å². The molecule has 0 saturated heterocycles. The first-order valence-corrected chi connectivity index (χ1v) is 6.62. The van der Waals surface area contributed by atoms with Gasteiger partial charge in [0.05, 0.1) is 24.6 Å². The number of alkyl halides is 3. The van der Waals surface area contributed by atoms with Gasteiger partial charge in [-0.25, -0.2) is 4.99 Å². The quantitative estimate of drug-likeness (QED) is 0.514. The van der Waals surface area contributed by atoms with Gasteiger partial charge in [0.15, 0.2) is 0 Å². The molecule has 23 heavy (non-hydrogen) atoms. The van der Waals surface area contributed by atoms with Gasteiger partial charge in [0.2, 0.25) is 0 Å². The van der Waals surface area contributed by atoms with Gasteiger partial charge in [0.25, 0.3) is 0 Å².